The molecule has 0 N–H and O–H groups in total. The van der Waals surface area contributed by atoms with E-state index >= 15 is 0 Å². The van der Waals surface area contributed by atoms with Crippen molar-refractivity contribution in [2.45, 2.75) is 64.7 Å². The van der Waals surface area contributed by atoms with Crippen LogP contribution in [0, 0.1) is 0 Å². The molecule has 0 atom stereocenters. The average Bonchev–Trinajstić information content (AvgIpc) is 2.27. The first-order valence-electron chi connectivity index (χ1n) is 7.00. The van der Waals surface area contributed by atoms with Crippen molar-refractivity contribution in [1.82, 2.24) is 0 Å². The Bertz CT molecular complexity index is 151. The Labute approximate surface area is 133 Å². The molecular formula is C14H31BrIN. The Morgan fingerprint density at radius 3 is 1.59 bits per heavy atom. The molecule has 106 valence electrons. The van der Waals surface area contributed by atoms with Crippen LogP contribution in [0.15, 0.2) is 0 Å². The second-order valence-corrected chi connectivity index (χ2v) is 6.29. The highest BCUT2D eigenvalue weighted by molar-refractivity contribution is 14.1. The molecule has 0 rings (SSSR count). The summed E-state index contributed by atoms with van der Waals surface area (Å²) in [6, 6.07) is 0. The summed E-state index contributed by atoms with van der Waals surface area (Å²) in [5.41, 5.74) is 0. The van der Waals surface area contributed by atoms with Crippen molar-refractivity contribution < 1.29 is 21.5 Å². The zero-order valence-electron chi connectivity index (χ0n) is 12.0. The standard InChI is InChI=1S/C14H31IN.BrH/c1-4-5-6-7-8-9-10-11-12-13-16(2,3)14-15;/h4-14H2,1-3H3;1H/q+1;/p-1. The lowest BCUT2D eigenvalue weighted by molar-refractivity contribution is -0.874. The second kappa shape index (κ2) is 13.6. The van der Waals surface area contributed by atoms with Gasteiger partial charge in [-0.1, -0.05) is 51.9 Å². The Morgan fingerprint density at radius 2 is 1.18 bits per heavy atom. The molecule has 0 saturated heterocycles. The highest BCUT2D eigenvalue weighted by Gasteiger charge is 2.10. The lowest BCUT2D eigenvalue weighted by Crippen LogP contribution is -3.00. The fourth-order valence-electron chi connectivity index (χ4n) is 1.91. The molecule has 1 nitrogen and oxygen atoms in total. The molecule has 0 aromatic rings. The van der Waals surface area contributed by atoms with Crippen LogP contribution in [-0.4, -0.2) is 29.7 Å². The van der Waals surface area contributed by atoms with Gasteiger partial charge in [0.25, 0.3) is 0 Å². The number of alkyl halides is 1. The second-order valence-electron chi connectivity index (χ2n) is 5.61. The van der Waals surface area contributed by atoms with E-state index in [0.717, 1.165) is 0 Å². The third-order valence-electron chi connectivity index (χ3n) is 3.19. The Balaban J connectivity index is 0. The third kappa shape index (κ3) is 15.1. The predicted octanol–water partition coefficient (Wildman–Crippen LogP) is 1.99. The van der Waals surface area contributed by atoms with Crippen molar-refractivity contribution in [1.29, 1.82) is 0 Å². The molecule has 0 fully saturated rings. The van der Waals surface area contributed by atoms with Crippen LogP contribution in [-0.2, 0) is 0 Å². The van der Waals surface area contributed by atoms with E-state index in [9.17, 15) is 0 Å². The molecule has 0 spiro atoms. The van der Waals surface area contributed by atoms with Gasteiger partial charge in [0.05, 0.1) is 20.6 Å². The van der Waals surface area contributed by atoms with Crippen LogP contribution in [0.2, 0.25) is 0 Å². The maximum absolute atomic E-state index is 2.49. The van der Waals surface area contributed by atoms with E-state index in [0.29, 0.717) is 0 Å². The average molecular weight is 420 g/mol. The highest BCUT2D eigenvalue weighted by Crippen LogP contribution is 2.11. The van der Waals surface area contributed by atoms with Crippen LogP contribution in [0.25, 0.3) is 0 Å². The fraction of sp³-hybridized carbons (Fsp3) is 1.00. The minimum Gasteiger partial charge on any atom is -1.00 e. The molecule has 0 saturated carbocycles. The normalized spacial score (nSPS) is 11.3. The molecule has 0 aromatic heterocycles. The maximum atomic E-state index is 2.49. The van der Waals surface area contributed by atoms with Gasteiger partial charge in [-0.25, -0.2) is 0 Å². The zero-order valence-corrected chi connectivity index (χ0v) is 15.7. The summed E-state index contributed by atoms with van der Waals surface area (Å²) in [5, 5.41) is 0. The summed E-state index contributed by atoms with van der Waals surface area (Å²) in [4.78, 5) is 0. The molecule has 0 amide bonds. The van der Waals surface area contributed by atoms with E-state index in [4.69, 9.17) is 0 Å². The third-order valence-corrected chi connectivity index (χ3v) is 5.04. The van der Waals surface area contributed by atoms with E-state index < -0.39 is 0 Å². The predicted molar refractivity (Wildman–Crippen MR) is 83.1 cm³/mol. The van der Waals surface area contributed by atoms with Gasteiger partial charge in [-0.15, -0.1) is 0 Å². The minimum absolute atomic E-state index is 0. The monoisotopic (exact) mass is 419 g/mol. The van der Waals surface area contributed by atoms with Crippen molar-refractivity contribution in [2.75, 3.05) is 25.2 Å². The van der Waals surface area contributed by atoms with E-state index in [2.05, 4.69) is 43.6 Å². The lowest BCUT2D eigenvalue weighted by Gasteiger charge is -2.27. The molecule has 0 bridgehead atoms. The highest BCUT2D eigenvalue weighted by atomic mass is 127. The van der Waals surface area contributed by atoms with E-state index in [1.54, 1.807) is 0 Å². The van der Waals surface area contributed by atoms with Crippen LogP contribution in [0.4, 0.5) is 0 Å². The molecule has 0 radical (unpaired) electrons. The molecule has 0 aliphatic carbocycles. The molecule has 3 heteroatoms. The van der Waals surface area contributed by atoms with Crippen molar-refractivity contribution in [3.8, 4) is 0 Å². The SMILES string of the molecule is CCCCCCCCCCC[N+](C)(C)CI.[Br-]. The topological polar surface area (TPSA) is 0 Å². The molecule has 0 heterocycles. The van der Waals surface area contributed by atoms with Crippen molar-refractivity contribution in [2.24, 2.45) is 0 Å². The number of halogens is 2. The number of rotatable bonds is 11. The molecule has 0 aliphatic heterocycles. The van der Waals surface area contributed by atoms with Gasteiger partial charge in [0.1, 0.15) is 4.55 Å². The Hall–Kier alpha value is 1.17. The van der Waals surface area contributed by atoms with E-state index in [-0.39, 0.29) is 17.0 Å². The summed E-state index contributed by atoms with van der Waals surface area (Å²) in [7, 11) is 4.66. The van der Waals surface area contributed by atoms with Gasteiger partial charge in [0, 0.05) is 0 Å². The van der Waals surface area contributed by atoms with Gasteiger partial charge in [0.2, 0.25) is 0 Å². The minimum atomic E-state index is 0. The fourth-order valence-corrected chi connectivity index (χ4v) is 2.25. The summed E-state index contributed by atoms with van der Waals surface area (Å²) >= 11 is 2.49. The quantitative estimate of drug-likeness (QED) is 0.158. The first kappa shape index (κ1) is 20.5. The first-order chi connectivity index (χ1) is 7.62. The molecule has 0 unspecified atom stereocenters. The summed E-state index contributed by atoms with van der Waals surface area (Å²) < 4.78 is 2.41. The van der Waals surface area contributed by atoms with E-state index in [1.165, 1.54) is 73.4 Å². The van der Waals surface area contributed by atoms with Gasteiger partial charge in [-0.3, -0.25) is 0 Å². The Morgan fingerprint density at radius 1 is 0.765 bits per heavy atom. The molecule has 0 aliphatic rings. The van der Waals surface area contributed by atoms with Crippen LogP contribution >= 0.6 is 22.6 Å². The summed E-state index contributed by atoms with van der Waals surface area (Å²) in [5.74, 6) is 0. The van der Waals surface area contributed by atoms with Crippen LogP contribution < -0.4 is 17.0 Å². The van der Waals surface area contributed by atoms with Gasteiger partial charge >= 0.3 is 0 Å². The van der Waals surface area contributed by atoms with Crippen LogP contribution in [0.1, 0.15) is 64.7 Å². The van der Waals surface area contributed by atoms with Crippen molar-refractivity contribution in [3.05, 3.63) is 0 Å². The molecule has 17 heavy (non-hydrogen) atoms. The molecular weight excluding hydrogens is 389 g/mol. The van der Waals surface area contributed by atoms with Gasteiger partial charge < -0.3 is 21.5 Å². The van der Waals surface area contributed by atoms with E-state index in [1.807, 2.05) is 0 Å². The van der Waals surface area contributed by atoms with Crippen LogP contribution in [0.3, 0.4) is 0 Å². The number of hydrogen-bond acceptors (Lipinski definition) is 0. The van der Waals surface area contributed by atoms with Gasteiger partial charge in [-0.05, 0) is 35.4 Å². The number of unbranched alkanes of at least 4 members (excludes halogenated alkanes) is 8. The number of nitrogens with zero attached hydrogens (tertiary/aromatic N) is 1. The maximum Gasteiger partial charge on any atom is 0.129 e. The lowest BCUT2D eigenvalue weighted by atomic mass is 10.1. The first-order valence-corrected chi connectivity index (χ1v) is 8.53. The number of hydrogen-bond donors (Lipinski definition) is 0. The van der Waals surface area contributed by atoms with Crippen molar-refractivity contribution in [3.63, 3.8) is 0 Å². The van der Waals surface area contributed by atoms with Gasteiger partial charge in [-0.2, -0.15) is 0 Å². The Kier molecular flexibility index (Phi) is 16.4. The molecule has 0 aromatic carbocycles. The number of quaternary nitrogens is 1. The van der Waals surface area contributed by atoms with Crippen LogP contribution in [0.5, 0.6) is 0 Å². The summed E-state index contributed by atoms with van der Waals surface area (Å²) in [6.45, 7) is 3.63. The largest absolute Gasteiger partial charge is 1.00 e. The smallest absolute Gasteiger partial charge is 0.129 e. The summed E-state index contributed by atoms with van der Waals surface area (Å²) in [6.07, 6.45) is 12.9. The van der Waals surface area contributed by atoms with Crippen molar-refractivity contribution >= 4 is 22.6 Å². The zero-order chi connectivity index (χ0) is 12.3. The van der Waals surface area contributed by atoms with Gasteiger partial charge in [0.15, 0.2) is 0 Å².